The minimum absolute atomic E-state index is 0.00913. The number of carbonyl (C=O) groups excluding carboxylic acids is 1. The van der Waals surface area contributed by atoms with Crippen LogP contribution in [-0.4, -0.2) is 19.1 Å². The monoisotopic (exact) mass is 247 g/mol. The van der Waals surface area contributed by atoms with Crippen LogP contribution in [0.3, 0.4) is 0 Å². The van der Waals surface area contributed by atoms with Crippen LogP contribution in [0.25, 0.3) is 0 Å². The molecule has 0 aliphatic heterocycles. The van der Waals surface area contributed by atoms with Gasteiger partial charge in [-0.3, -0.25) is 4.79 Å². The van der Waals surface area contributed by atoms with Crippen molar-refractivity contribution in [2.75, 3.05) is 13.2 Å². The molecule has 0 spiro atoms. The summed E-state index contributed by atoms with van der Waals surface area (Å²) in [5.74, 6) is 0.332. The number of hydrogen-bond donors (Lipinski definition) is 2. The van der Waals surface area contributed by atoms with E-state index in [1.165, 1.54) is 0 Å². The molecule has 0 bridgehead atoms. The van der Waals surface area contributed by atoms with Gasteiger partial charge in [0.2, 0.25) is 0 Å². The van der Waals surface area contributed by atoms with Gasteiger partial charge < -0.3 is 15.8 Å². The molecule has 0 fully saturated rings. The van der Waals surface area contributed by atoms with Gasteiger partial charge in [0.15, 0.2) is 6.61 Å². The average Bonchev–Trinajstić information content (AvgIpc) is 2.34. The molecule has 1 atom stereocenters. The Morgan fingerprint density at radius 2 is 2.33 bits per heavy atom. The standard InChI is InChI=1S/C13H17N3O2/c1-9-7-11(10(2)15)3-4-12(9)18-8-13(17)16-6-5-14/h3-4,7,10H,6,8,15H2,1-2H3,(H,16,17)/t10-/m0/s1. The zero-order valence-corrected chi connectivity index (χ0v) is 10.6. The maximum absolute atomic E-state index is 11.3. The molecule has 18 heavy (non-hydrogen) atoms. The van der Waals surface area contributed by atoms with Crippen molar-refractivity contribution in [3.8, 4) is 11.8 Å². The Bertz CT molecular complexity index is 464. The van der Waals surface area contributed by atoms with Crippen LogP contribution in [0.15, 0.2) is 18.2 Å². The molecule has 0 aromatic heterocycles. The highest BCUT2D eigenvalue weighted by atomic mass is 16.5. The molecule has 0 unspecified atom stereocenters. The van der Waals surface area contributed by atoms with Gasteiger partial charge in [0.1, 0.15) is 12.3 Å². The Morgan fingerprint density at radius 3 is 2.89 bits per heavy atom. The van der Waals surface area contributed by atoms with E-state index in [2.05, 4.69) is 5.32 Å². The second kappa shape index (κ2) is 6.62. The summed E-state index contributed by atoms with van der Waals surface area (Å²) in [4.78, 5) is 11.3. The third kappa shape index (κ3) is 4.07. The molecule has 0 heterocycles. The first-order chi connectivity index (χ1) is 8.54. The van der Waals surface area contributed by atoms with Crippen LogP contribution < -0.4 is 15.8 Å². The number of amides is 1. The number of ether oxygens (including phenoxy) is 1. The second-order valence-corrected chi connectivity index (χ2v) is 4.04. The number of nitrogens with zero attached hydrogens (tertiary/aromatic N) is 1. The molecule has 0 radical (unpaired) electrons. The Morgan fingerprint density at radius 1 is 1.61 bits per heavy atom. The summed E-state index contributed by atoms with van der Waals surface area (Å²) in [6.07, 6.45) is 0. The van der Waals surface area contributed by atoms with Crippen molar-refractivity contribution in [2.45, 2.75) is 19.9 Å². The van der Waals surface area contributed by atoms with Crippen molar-refractivity contribution in [1.82, 2.24) is 5.32 Å². The number of nitrogens with one attached hydrogen (secondary N) is 1. The van der Waals surface area contributed by atoms with Crippen molar-refractivity contribution in [2.24, 2.45) is 5.73 Å². The lowest BCUT2D eigenvalue weighted by molar-refractivity contribution is -0.122. The lowest BCUT2D eigenvalue weighted by atomic mass is 10.1. The molecule has 96 valence electrons. The van der Waals surface area contributed by atoms with E-state index in [1.807, 2.05) is 32.0 Å². The largest absolute Gasteiger partial charge is 0.484 e. The number of aryl methyl sites for hydroxylation is 1. The molecule has 1 rings (SSSR count). The van der Waals surface area contributed by atoms with Gasteiger partial charge in [0.05, 0.1) is 6.07 Å². The van der Waals surface area contributed by atoms with Gasteiger partial charge in [0, 0.05) is 6.04 Å². The Balaban J connectivity index is 2.58. The predicted molar refractivity (Wildman–Crippen MR) is 67.9 cm³/mol. The lowest BCUT2D eigenvalue weighted by Gasteiger charge is -2.11. The molecular weight excluding hydrogens is 230 g/mol. The maximum Gasteiger partial charge on any atom is 0.258 e. The summed E-state index contributed by atoms with van der Waals surface area (Å²) in [7, 11) is 0. The van der Waals surface area contributed by atoms with Crippen molar-refractivity contribution >= 4 is 5.91 Å². The van der Waals surface area contributed by atoms with Gasteiger partial charge in [-0.15, -0.1) is 0 Å². The molecule has 1 amide bonds. The third-order valence-electron chi connectivity index (χ3n) is 2.45. The van der Waals surface area contributed by atoms with E-state index in [1.54, 1.807) is 6.07 Å². The summed E-state index contributed by atoms with van der Waals surface area (Å²) in [5.41, 5.74) is 7.72. The number of nitriles is 1. The summed E-state index contributed by atoms with van der Waals surface area (Å²) in [6.45, 7) is 3.70. The van der Waals surface area contributed by atoms with E-state index in [-0.39, 0.29) is 25.1 Å². The molecule has 0 saturated carbocycles. The third-order valence-corrected chi connectivity index (χ3v) is 2.45. The molecule has 0 saturated heterocycles. The van der Waals surface area contributed by atoms with E-state index in [0.717, 1.165) is 11.1 Å². The van der Waals surface area contributed by atoms with E-state index in [4.69, 9.17) is 15.7 Å². The number of rotatable bonds is 5. The first-order valence-electron chi connectivity index (χ1n) is 5.67. The van der Waals surface area contributed by atoms with Crippen LogP contribution in [-0.2, 0) is 4.79 Å². The van der Waals surface area contributed by atoms with Crippen molar-refractivity contribution in [1.29, 1.82) is 5.26 Å². The smallest absolute Gasteiger partial charge is 0.258 e. The number of nitrogens with two attached hydrogens (primary N) is 1. The van der Waals surface area contributed by atoms with Gasteiger partial charge in [-0.1, -0.05) is 12.1 Å². The van der Waals surface area contributed by atoms with Crippen LogP contribution >= 0.6 is 0 Å². The fraction of sp³-hybridized carbons (Fsp3) is 0.385. The van der Waals surface area contributed by atoms with Crippen LogP contribution in [0.1, 0.15) is 24.1 Å². The van der Waals surface area contributed by atoms with Gasteiger partial charge in [0.25, 0.3) is 5.91 Å². The fourth-order valence-corrected chi connectivity index (χ4v) is 1.45. The molecule has 1 aromatic rings. The molecule has 5 nitrogen and oxygen atoms in total. The number of carbonyl (C=O) groups is 1. The Kier molecular flexibility index (Phi) is 5.15. The molecular formula is C13H17N3O2. The molecule has 0 aliphatic rings. The van der Waals surface area contributed by atoms with Crippen molar-refractivity contribution in [3.05, 3.63) is 29.3 Å². The predicted octanol–water partition coefficient (Wildman–Crippen LogP) is 1.03. The topological polar surface area (TPSA) is 88.1 Å². The highest BCUT2D eigenvalue weighted by Gasteiger charge is 2.06. The first kappa shape index (κ1) is 14.0. The number of benzene rings is 1. The summed E-state index contributed by atoms with van der Waals surface area (Å²) in [6, 6.07) is 7.41. The highest BCUT2D eigenvalue weighted by molar-refractivity contribution is 5.77. The summed E-state index contributed by atoms with van der Waals surface area (Å²) >= 11 is 0. The maximum atomic E-state index is 11.3. The van der Waals surface area contributed by atoms with Gasteiger partial charge in [-0.2, -0.15) is 5.26 Å². The fourth-order valence-electron chi connectivity index (χ4n) is 1.45. The van der Waals surface area contributed by atoms with E-state index in [9.17, 15) is 4.79 Å². The lowest BCUT2D eigenvalue weighted by Crippen LogP contribution is -2.29. The summed E-state index contributed by atoms with van der Waals surface area (Å²) in [5, 5.41) is 10.7. The SMILES string of the molecule is Cc1cc([C@H](C)N)ccc1OCC(=O)NCC#N. The first-order valence-corrected chi connectivity index (χ1v) is 5.67. The molecule has 5 heteroatoms. The highest BCUT2D eigenvalue weighted by Crippen LogP contribution is 2.21. The van der Waals surface area contributed by atoms with Crippen LogP contribution in [0.4, 0.5) is 0 Å². The van der Waals surface area contributed by atoms with E-state index < -0.39 is 0 Å². The van der Waals surface area contributed by atoms with Crippen molar-refractivity contribution < 1.29 is 9.53 Å². The van der Waals surface area contributed by atoms with Gasteiger partial charge in [-0.25, -0.2) is 0 Å². The molecule has 0 aliphatic carbocycles. The van der Waals surface area contributed by atoms with Gasteiger partial charge in [-0.05, 0) is 31.0 Å². The zero-order chi connectivity index (χ0) is 13.5. The summed E-state index contributed by atoms with van der Waals surface area (Å²) < 4.78 is 5.37. The minimum Gasteiger partial charge on any atom is -0.484 e. The normalized spacial score (nSPS) is 11.4. The quantitative estimate of drug-likeness (QED) is 0.761. The molecule has 1 aromatic carbocycles. The van der Waals surface area contributed by atoms with E-state index >= 15 is 0 Å². The van der Waals surface area contributed by atoms with Crippen LogP contribution in [0, 0.1) is 18.3 Å². The van der Waals surface area contributed by atoms with Gasteiger partial charge >= 0.3 is 0 Å². The van der Waals surface area contributed by atoms with Crippen LogP contribution in [0.2, 0.25) is 0 Å². The minimum atomic E-state index is -0.313. The van der Waals surface area contributed by atoms with Crippen LogP contribution in [0.5, 0.6) is 5.75 Å². The molecule has 3 N–H and O–H groups in total. The van der Waals surface area contributed by atoms with Crippen molar-refractivity contribution in [3.63, 3.8) is 0 Å². The zero-order valence-electron chi connectivity index (χ0n) is 10.6. The Labute approximate surface area is 107 Å². The average molecular weight is 247 g/mol. The Hall–Kier alpha value is -2.06. The second-order valence-electron chi connectivity index (χ2n) is 4.04. The van der Waals surface area contributed by atoms with E-state index in [0.29, 0.717) is 5.75 Å². The number of hydrogen-bond acceptors (Lipinski definition) is 4.